The molecule has 0 aliphatic rings. The molecule has 0 rings (SSSR count). The van der Waals surface area contributed by atoms with E-state index in [1.807, 2.05) is 33.8 Å². The van der Waals surface area contributed by atoms with E-state index < -0.39 is 12.3 Å². The summed E-state index contributed by atoms with van der Waals surface area (Å²) in [6, 6.07) is 0. The molecule has 0 aromatic heterocycles. The van der Waals surface area contributed by atoms with Crippen molar-refractivity contribution in [3.8, 4) is 0 Å². The summed E-state index contributed by atoms with van der Waals surface area (Å²) in [6.45, 7) is 19.7. The summed E-state index contributed by atoms with van der Waals surface area (Å²) in [5, 5.41) is 18.5. The Labute approximate surface area is 167 Å². The summed E-state index contributed by atoms with van der Waals surface area (Å²) in [5.74, 6) is 1.35. The summed E-state index contributed by atoms with van der Waals surface area (Å²) in [7, 11) is 0. The van der Waals surface area contributed by atoms with Gasteiger partial charge in [-0.1, -0.05) is 27.7 Å². The third-order valence-electron chi connectivity index (χ3n) is 2.76. The highest BCUT2D eigenvalue weighted by molar-refractivity contribution is 4.99. The van der Waals surface area contributed by atoms with Crippen LogP contribution in [0.25, 0.3) is 0 Å². The lowest BCUT2D eigenvalue weighted by Crippen LogP contribution is -2.21. The second-order valence-corrected chi connectivity index (χ2v) is 7.91. The van der Waals surface area contributed by atoms with E-state index in [4.69, 9.17) is 14.6 Å². The molecule has 0 saturated heterocycles. The van der Waals surface area contributed by atoms with E-state index in [2.05, 4.69) is 27.7 Å². The molecule has 164 valence electrons. The molecule has 0 aromatic rings. The van der Waals surface area contributed by atoms with Crippen LogP contribution in [0.1, 0.15) is 82.1 Å². The van der Waals surface area contributed by atoms with Crippen molar-refractivity contribution in [3.63, 3.8) is 0 Å². The second kappa shape index (κ2) is 18.3. The van der Waals surface area contributed by atoms with Gasteiger partial charge in [0.2, 0.25) is 0 Å². The van der Waals surface area contributed by atoms with E-state index in [-0.39, 0.29) is 18.1 Å². The highest BCUT2D eigenvalue weighted by atomic mass is 19.1. The summed E-state index contributed by atoms with van der Waals surface area (Å²) < 4.78 is 21.6. The van der Waals surface area contributed by atoms with Crippen LogP contribution in [-0.4, -0.2) is 41.8 Å². The van der Waals surface area contributed by atoms with Gasteiger partial charge in [-0.15, -0.1) is 0 Å². The van der Waals surface area contributed by atoms with Gasteiger partial charge in [-0.3, -0.25) is 0 Å². The molecule has 0 fully saturated rings. The van der Waals surface area contributed by atoms with Gasteiger partial charge < -0.3 is 19.7 Å². The van der Waals surface area contributed by atoms with Gasteiger partial charge in [0.1, 0.15) is 24.2 Å². The molecule has 0 aliphatic heterocycles. The van der Waals surface area contributed by atoms with Crippen LogP contribution >= 0.6 is 0 Å². The van der Waals surface area contributed by atoms with Gasteiger partial charge in [0.25, 0.3) is 0 Å². The van der Waals surface area contributed by atoms with E-state index >= 15 is 0 Å². The first kappa shape index (κ1) is 30.7. The minimum Gasteiger partial charge on any atom is -0.496 e. The lowest BCUT2D eigenvalue weighted by Gasteiger charge is -2.24. The zero-order valence-electron chi connectivity index (χ0n) is 19.3. The van der Waals surface area contributed by atoms with E-state index in [0.29, 0.717) is 18.1 Å². The maximum absolute atomic E-state index is 11.0. The first-order chi connectivity index (χ1) is 12.3. The summed E-state index contributed by atoms with van der Waals surface area (Å²) in [6.07, 6.45) is 4.34. The maximum atomic E-state index is 11.0. The molecule has 5 heteroatoms. The zero-order chi connectivity index (χ0) is 22.0. The number of ether oxygens (including phenoxy) is 2. The monoisotopic (exact) mass is 392 g/mol. The normalized spacial score (nSPS) is 13.4. The summed E-state index contributed by atoms with van der Waals surface area (Å²) in [5.41, 5.74) is 0.128. The van der Waals surface area contributed by atoms with E-state index in [0.717, 1.165) is 12.8 Å². The number of aliphatic hydroxyl groups is 2. The average Bonchev–Trinajstić information content (AvgIpc) is 2.51. The molecule has 27 heavy (non-hydrogen) atoms. The summed E-state index contributed by atoms with van der Waals surface area (Å²) in [4.78, 5) is 0. The fourth-order valence-electron chi connectivity index (χ4n) is 1.77. The Hall–Kier alpha value is -1.07. The Balaban J connectivity index is -0.000000378. The third-order valence-corrected chi connectivity index (χ3v) is 2.76. The van der Waals surface area contributed by atoms with Crippen LogP contribution in [-0.2, 0) is 9.47 Å². The van der Waals surface area contributed by atoms with Gasteiger partial charge in [-0.25, -0.2) is 4.39 Å². The fourth-order valence-corrected chi connectivity index (χ4v) is 1.77. The average molecular weight is 393 g/mol. The minimum absolute atomic E-state index is 0.00528. The molecule has 0 aromatic carbocycles. The van der Waals surface area contributed by atoms with Crippen molar-refractivity contribution in [2.75, 3.05) is 13.2 Å². The number of alkyl halides is 1. The Morgan fingerprint density at radius 1 is 1.07 bits per heavy atom. The Morgan fingerprint density at radius 2 is 1.56 bits per heavy atom. The van der Waals surface area contributed by atoms with Crippen molar-refractivity contribution in [2.45, 2.75) is 100 Å². The third kappa shape index (κ3) is 27.3. The molecule has 0 heterocycles. The molecule has 0 radical (unpaired) electrons. The molecular weight excluding hydrogens is 347 g/mol. The van der Waals surface area contributed by atoms with Crippen LogP contribution < -0.4 is 0 Å². The first-order valence-corrected chi connectivity index (χ1v) is 9.88. The van der Waals surface area contributed by atoms with E-state index in [1.165, 1.54) is 13.8 Å². The number of allylic oxidation sites excluding steroid dienone is 2. The molecule has 0 saturated carbocycles. The van der Waals surface area contributed by atoms with Crippen molar-refractivity contribution in [3.05, 3.63) is 23.7 Å². The minimum atomic E-state index is -0.667. The van der Waals surface area contributed by atoms with Gasteiger partial charge in [-0.05, 0) is 72.0 Å². The number of aliphatic hydroxyl groups excluding tert-OH is 2. The topological polar surface area (TPSA) is 58.9 Å². The Bertz CT molecular complexity index is 380. The van der Waals surface area contributed by atoms with Gasteiger partial charge >= 0.3 is 0 Å². The molecule has 0 bridgehead atoms. The predicted molar refractivity (Wildman–Crippen MR) is 113 cm³/mol. The van der Waals surface area contributed by atoms with E-state index in [9.17, 15) is 9.50 Å². The standard InChI is InChI=1S/C12H24O2.C7H14O2.C3H7F/c1-6-8-14-11(7-2)10(13)9-12(3,4)5;1-4-7(5-8)9-6(2)3;1-3(2)4/h7,10,13H,6,8-9H2,1-5H3;4,6,8H,5H2,1-3H3;3H,1-2H3/b11-7-;7-4-;. The fraction of sp³-hybridized carbons (Fsp3) is 0.818. The Kier molecular flexibility index (Phi) is 20.8. The molecule has 4 nitrogen and oxygen atoms in total. The maximum Gasteiger partial charge on any atom is 0.120 e. The SMILES string of the molecule is C/C=C(/CO)OC(C)C.C/C=C(\OCCC)C(O)CC(C)(C)C.CC(C)F. The molecule has 0 aliphatic carbocycles. The molecule has 0 spiro atoms. The quantitative estimate of drug-likeness (QED) is 0.514. The van der Waals surface area contributed by atoms with Gasteiger partial charge in [-0.2, -0.15) is 0 Å². The van der Waals surface area contributed by atoms with Crippen molar-refractivity contribution in [1.29, 1.82) is 0 Å². The molecule has 1 atom stereocenters. The van der Waals surface area contributed by atoms with Crippen molar-refractivity contribution >= 4 is 0 Å². The largest absolute Gasteiger partial charge is 0.496 e. The van der Waals surface area contributed by atoms with Gasteiger partial charge in [0.15, 0.2) is 0 Å². The van der Waals surface area contributed by atoms with Crippen LogP contribution in [0, 0.1) is 5.41 Å². The molecule has 2 N–H and O–H groups in total. The van der Waals surface area contributed by atoms with Crippen LogP contribution in [0.3, 0.4) is 0 Å². The molecular formula is C22H45FO4. The van der Waals surface area contributed by atoms with Crippen molar-refractivity contribution in [1.82, 2.24) is 0 Å². The lowest BCUT2D eigenvalue weighted by atomic mass is 9.88. The number of hydrogen-bond donors (Lipinski definition) is 2. The molecule has 1 unspecified atom stereocenters. The zero-order valence-corrected chi connectivity index (χ0v) is 19.3. The first-order valence-electron chi connectivity index (χ1n) is 9.88. The summed E-state index contributed by atoms with van der Waals surface area (Å²) >= 11 is 0. The number of halogens is 1. The van der Waals surface area contributed by atoms with Crippen molar-refractivity contribution < 1.29 is 24.1 Å². The highest BCUT2D eigenvalue weighted by Gasteiger charge is 2.20. The van der Waals surface area contributed by atoms with Crippen LogP contribution in [0.2, 0.25) is 0 Å². The van der Waals surface area contributed by atoms with Crippen LogP contribution in [0.4, 0.5) is 4.39 Å². The van der Waals surface area contributed by atoms with Crippen LogP contribution in [0.15, 0.2) is 23.7 Å². The van der Waals surface area contributed by atoms with Gasteiger partial charge in [0, 0.05) is 0 Å². The lowest BCUT2D eigenvalue weighted by molar-refractivity contribution is 0.0734. The van der Waals surface area contributed by atoms with Gasteiger partial charge in [0.05, 0.1) is 18.9 Å². The van der Waals surface area contributed by atoms with Crippen LogP contribution in [0.5, 0.6) is 0 Å². The van der Waals surface area contributed by atoms with E-state index in [1.54, 1.807) is 6.08 Å². The van der Waals surface area contributed by atoms with Crippen molar-refractivity contribution in [2.24, 2.45) is 5.41 Å². The Morgan fingerprint density at radius 3 is 1.78 bits per heavy atom. The number of rotatable bonds is 8. The smallest absolute Gasteiger partial charge is 0.120 e. The highest BCUT2D eigenvalue weighted by Crippen LogP contribution is 2.24. The number of hydrogen-bond acceptors (Lipinski definition) is 4. The molecule has 0 amide bonds. The second-order valence-electron chi connectivity index (χ2n) is 7.91. The predicted octanol–water partition coefficient (Wildman–Crippen LogP) is 5.79.